The Bertz CT molecular complexity index is 1030. The Morgan fingerprint density at radius 2 is 2.03 bits per heavy atom. The number of carbonyl (C=O) groups is 1. The number of alkyl halides is 2. The molecule has 3 aliphatic rings. The van der Waals surface area contributed by atoms with Crippen molar-refractivity contribution in [1.82, 2.24) is 25.3 Å². The molecule has 5 rings (SSSR count). The minimum atomic E-state index is -2.99. The van der Waals surface area contributed by atoms with Gasteiger partial charge in [-0.05, 0) is 63.8 Å². The standard InChI is InChI=1S/C25H33F2N5O3/c1-16-28-11-20(12-29-16)34-14-23(33)30-19-5-3-17(4-6-19)7-8-32-13-18-10-25(18,15-32)21-9-22(35-31-21)24(2,26)27/h9,11-12,17-19H,3-8,10,13-15H2,1-2H3,(H,30,33)/t17?,18-,19?,25-/m0/s1. The molecule has 0 unspecified atom stereocenters. The highest BCUT2D eigenvalue weighted by Crippen LogP contribution is 2.59. The van der Waals surface area contributed by atoms with Crippen LogP contribution in [0.3, 0.4) is 0 Å². The summed E-state index contributed by atoms with van der Waals surface area (Å²) in [6, 6.07) is 1.65. The summed E-state index contributed by atoms with van der Waals surface area (Å²) in [7, 11) is 0. The topological polar surface area (TPSA) is 93.4 Å². The SMILES string of the molecule is Cc1ncc(OCC(=O)NC2CCC(CCN3C[C@@H]4C[C@]4(c4cc(C(C)(F)F)on4)C3)CC2)cn1. The van der Waals surface area contributed by atoms with Gasteiger partial charge < -0.3 is 19.5 Å². The van der Waals surface area contributed by atoms with Gasteiger partial charge in [0.1, 0.15) is 5.82 Å². The van der Waals surface area contributed by atoms with Crippen LogP contribution in [0.25, 0.3) is 0 Å². The van der Waals surface area contributed by atoms with Gasteiger partial charge in [-0.25, -0.2) is 9.97 Å². The minimum Gasteiger partial charge on any atom is -0.481 e. The largest absolute Gasteiger partial charge is 0.481 e. The van der Waals surface area contributed by atoms with Gasteiger partial charge in [0.15, 0.2) is 12.4 Å². The van der Waals surface area contributed by atoms with Crippen molar-refractivity contribution in [2.75, 3.05) is 26.2 Å². The highest BCUT2D eigenvalue weighted by molar-refractivity contribution is 5.77. The Morgan fingerprint density at radius 1 is 1.29 bits per heavy atom. The molecule has 1 N–H and O–H groups in total. The van der Waals surface area contributed by atoms with Crippen LogP contribution in [0.1, 0.15) is 62.7 Å². The molecule has 0 aromatic carbocycles. The van der Waals surface area contributed by atoms with Gasteiger partial charge in [0, 0.05) is 37.5 Å². The number of fused-ring (bicyclic) bond motifs is 1. The lowest BCUT2D eigenvalue weighted by molar-refractivity contribution is -0.124. The first-order valence-electron chi connectivity index (χ1n) is 12.5. The lowest BCUT2D eigenvalue weighted by atomic mass is 9.84. The number of carbonyl (C=O) groups excluding carboxylic acids is 1. The lowest BCUT2D eigenvalue weighted by Crippen LogP contribution is -2.40. The van der Waals surface area contributed by atoms with E-state index in [4.69, 9.17) is 9.26 Å². The fourth-order valence-corrected chi connectivity index (χ4v) is 5.70. The van der Waals surface area contributed by atoms with E-state index < -0.39 is 5.92 Å². The Hall–Kier alpha value is -2.62. The van der Waals surface area contributed by atoms with E-state index in [2.05, 4.69) is 25.3 Å². The Labute approximate surface area is 203 Å². The van der Waals surface area contributed by atoms with E-state index in [-0.39, 0.29) is 29.7 Å². The zero-order valence-corrected chi connectivity index (χ0v) is 20.3. The van der Waals surface area contributed by atoms with E-state index >= 15 is 0 Å². The Morgan fingerprint density at radius 3 is 2.71 bits per heavy atom. The number of nitrogens with zero attached hydrogens (tertiary/aromatic N) is 4. The average molecular weight is 490 g/mol. The third-order valence-corrected chi connectivity index (χ3v) is 7.86. The second kappa shape index (κ2) is 9.44. The highest BCUT2D eigenvalue weighted by atomic mass is 19.3. The fraction of sp³-hybridized carbons (Fsp3) is 0.680. The van der Waals surface area contributed by atoms with Gasteiger partial charge >= 0.3 is 5.92 Å². The predicted octanol–water partition coefficient (Wildman–Crippen LogP) is 3.60. The molecule has 10 heteroatoms. The monoisotopic (exact) mass is 489 g/mol. The van der Waals surface area contributed by atoms with Crippen LogP contribution in [0.15, 0.2) is 23.0 Å². The summed E-state index contributed by atoms with van der Waals surface area (Å²) in [6.45, 7) is 5.49. The number of amides is 1. The number of halogens is 2. The van der Waals surface area contributed by atoms with Crippen LogP contribution in [0.5, 0.6) is 5.75 Å². The molecule has 2 aromatic rings. The molecule has 2 atom stereocenters. The maximum Gasteiger partial charge on any atom is 0.304 e. The smallest absolute Gasteiger partial charge is 0.304 e. The van der Waals surface area contributed by atoms with E-state index in [1.165, 1.54) is 6.07 Å². The summed E-state index contributed by atoms with van der Waals surface area (Å²) in [5.41, 5.74) is 0.596. The number of aromatic nitrogens is 3. The van der Waals surface area contributed by atoms with Crippen molar-refractivity contribution in [2.24, 2.45) is 11.8 Å². The van der Waals surface area contributed by atoms with Crippen molar-refractivity contribution in [2.45, 2.75) is 69.8 Å². The number of likely N-dealkylation sites (tertiary alicyclic amines) is 1. The molecular weight excluding hydrogens is 456 g/mol. The molecular formula is C25H33F2N5O3. The summed E-state index contributed by atoms with van der Waals surface area (Å²) in [5, 5.41) is 7.08. The second-order valence-electron chi connectivity index (χ2n) is 10.6. The van der Waals surface area contributed by atoms with Crippen LogP contribution in [-0.4, -0.2) is 58.2 Å². The zero-order valence-electron chi connectivity index (χ0n) is 20.3. The van der Waals surface area contributed by atoms with Gasteiger partial charge in [-0.2, -0.15) is 8.78 Å². The van der Waals surface area contributed by atoms with Crippen molar-refractivity contribution in [1.29, 1.82) is 0 Å². The first kappa shape index (κ1) is 24.1. The molecule has 0 radical (unpaired) electrons. The molecule has 1 aliphatic heterocycles. The molecule has 35 heavy (non-hydrogen) atoms. The van der Waals surface area contributed by atoms with Gasteiger partial charge in [-0.3, -0.25) is 4.79 Å². The van der Waals surface area contributed by atoms with Crippen molar-refractivity contribution >= 4 is 5.91 Å². The maximum absolute atomic E-state index is 13.5. The van der Waals surface area contributed by atoms with Crippen LogP contribution < -0.4 is 10.1 Å². The third kappa shape index (κ3) is 5.47. The van der Waals surface area contributed by atoms with Gasteiger partial charge in [0.2, 0.25) is 5.76 Å². The van der Waals surface area contributed by atoms with Gasteiger partial charge in [-0.1, -0.05) is 5.16 Å². The van der Waals surface area contributed by atoms with Crippen molar-refractivity contribution < 1.29 is 22.8 Å². The molecule has 2 aromatic heterocycles. The first-order valence-corrected chi connectivity index (χ1v) is 12.5. The molecule has 0 bridgehead atoms. The van der Waals surface area contributed by atoms with Crippen molar-refractivity contribution in [3.8, 4) is 5.75 Å². The number of ether oxygens (including phenoxy) is 1. The van der Waals surface area contributed by atoms with E-state index in [0.717, 1.165) is 65.1 Å². The van der Waals surface area contributed by atoms with Crippen molar-refractivity contribution in [3.63, 3.8) is 0 Å². The van der Waals surface area contributed by atoms with Crippen LogP contribution >= 0.6 is 0 Å². The summed E-state index contributed by atoms with van der Waals surface area (Å²) < 4.78 is 37.5. The lowest BCUT2D eigenvalue weighted by Gasteiger charge is -2.30. The molecule has 8 nitrogen and oxygen atoms in total. The van der Waals surface area contributed by atoms with E-state index in [1.54, 1.807) is 19.3 Å². The molecule has 190 valence electrons. The summed E-state index contributed by atoms with van der Waals surface area (Å²) >= 11 is 0. The summed E-state index contributed by atoms with van der Waals surface area (Å²) in [4.78, 5) is 22.8. The average Bonchev–Trinajstić information content (AvgIpc) is 3.16. The fourth-order valence-electron chi connectivity index (χ4n) is 5.70. The second-order valence-corrected chi connectivity index (χ2v) is 10.6. The number of hydrogen-bond donors (Lipinski definition) is 1. The highest BCUT2D eigenvalue weighted by Gasteiger charge is 2.62. The number of piperidine rings is 1. The number of hydrogen-bond acceptors (Lipinski definition) is 7. The van der Waals surface area contributed by atoms with Gasteiger partial charge in [-0.15, -0.1) is 0 Å². The molecule has 3 fully saturated rings. The molecule has 1 saturated heterocycles. The summed E-state index contributed by atoms with van der Waals surface area (Å²) in [6.07, 6.45) is 9.41. The van der Waals surface area contributed by atoms with Crippen LogP contribution in [0.4, 0.5) is 8.78 Å². The maximum atomic E-state index is 13.5. The predicted molar refractivity (Wildman–Crippen MR) is 123 cm³/mol. The third-order valence-electron chi connectivity index (χ3n) is 7.86. The number of nitrogens with one attached hydrogen (secondary N) is 1. The number of aryl methyl sites for hydroxylation is 1. The molecule has 2 saturated carbocycles. The molecule has 0 spiro atoms. The van der Waals surface area contributed by atoms with Gasteiger partial charge in [0.25, 0.3) is 5.91 Å². The van der Waals surface area contributed by atoms with Crippen LogP contribution in [0, 0.1) is 18.8 Å². The van der Waals surface area contributed by atoms with E-state index in [9.17, 15) is 13.6 Å². The van der Waals surface area contributed by atoms with Crippen molar-refractivity contribution in [3.05, 3.63) is 35.7 Å². The van der Waals surface area contributed by atoms with Crippen LogP contribution in [0.2, 0.25) is 0 Å². The summed E-state index contributed by atoms with van der Waals surface area (Å²) in [5.74, 6) is -1.17. The van der Waals surface area contributed by atoms with Crippen LogP contribution in [-0.2, 0) is 16.1 Å². The van der Waals surface area contributed by atoms with E-state index in [1.807, 2.05) is 0 Å². The Kier molecular flexibility index (Phi) is 6.50. The molecule has 1 amide bonds. The minimum absolute atomic E-state index is 0.0346. The molecule has 2 aliphatic carbocycles. The number of rotatable bonds is 9. The van der Waals surface area contributed by atoms with E-state index in [0.29, 0.717) is 29.1 Å². The van der Waals surface area contributed by atoms with Gasteiger partial charge in [0.05, 0.1) is 18.1 Å². The molecule has 3 heterocycles. The quantitative estimate of drug-likeness (QED) is 0.575. The zero-order chi connectivity index (χ0) is 24.6. The Balaban J connectivity index is 1.00. The first-order chi connectivity index (χ1) is 16.7. The normalized spacial score (nSPS) is 28.5.